The highest BCUT2D eigenvalue weighted by Crippen LogP contribution is 2.45. The number of ether oxygens (including phenoxy) is 1. The summed E-state index contributed by atoms with van der Waals surface area (Å²) in [6.07, 6.45) is 0.192. The summed E-state index contributed by atoms with van der Waals surface area (Å²) in [5, 5.41) is 16.9. The second-order valence-electron chi connectivity index (χ2n) is 9.79. The topological polar surface area (TPSA) is 107 Å². The van der Waals surface area contributed by atoms with Crippen molar-refractivity contribution in [2.75, 3.05) is 55.3 Å². The van der Waals surface area contributed by atoms with Crippen LogP contribution in [-0.2, 0) is 16.1 Å². The number of carbonyl (C=O) groups excluding carboxylic acids is 2. The van der Waals surface area contributed by atoms with E-state index in [1.165, 1.54) is 17.8 Å². The molecule has 2 amide bonds. The van der Waals surface area contributed by atoms with Crippen LogP contribution in [0.3, 0.4) is 0 Å². The number of nitrogens with zero attached hydrogens (tertiary/aromatic N) is 3. The Kier molecular flexibility index (Phi) is 7.60. The Morgan fingerprint density at radius 1 is 1.24 bits per heavy atom. The van der Waals surface area contributed by atoms with Crippen LogP contribution in [0.15, 0.2) is 29.2 Å². The van der Waals surface area contributed by atoms with E-state index in [4.69, 9.17) is 4.74 Å². The van der Waals surface area contributed by atoms with Gasteiger partial charge in [0.05, 0.1) is 28.1 Å². The molecule has 9 nitrogen and oxygen atoms in total. The van der Waals surface area contributed by atoms with Crippen molar-refractivity contribution in [3.05, 3.63) is 41.3 Å². The number of hydrogen-bond donors (Lipinski definition) is 3. The third-order valence-corrected chi connectivity index (χ3v) is 8.41. The van der Waals surface area contributed by atoms with Crippen molar-refractivity contribution in [3.63, 3.8) is 0 Å². The van der Waals surface area contributed by atoms with Crippen molar-refractivity contribution in [1.82, 2.24) is 15.2 Å². The maximum atomic E-state index is 14.9. The number of benzene rings is 1. The number of β-amino-alcohol motifs (C(OH)–C–C–N with tert-alkyl or cyclic N) is 1. The Bertz CT molecular complexity index is 1220. The molecule has 1 unspecified atom stereocenters. The van der Waals surface area contributed by atoms with Gasteiger partial charge in [-0.3, -0.25) is 14.5 Å². The van der Waals surface area contributed by atoms with Crippen LogP contribution in [0.25, 0.3) is 0 Å². The van der Waals surface area contributed by atoms with Crippen molar-refractivity contribution < 1.29 is 23.8 Å². The molecule has 0 saturated carbocycles. The number of amides is 2. The summed E-state index contributed by atoms with van der Waals surface area (Å²) in [5.74, 6) is 1.06. The smallest absolute Gasteiger partial charge is 0.265 e. The molecule has 0 spiro atoms. The fourth-order valence-corrected chi connectivity index (χ4v) is 6.38. The molecule has 4 aliphatic heterocycles. The zero-order valence-corrected chi connectivity index (χ0v) is 21.7. The predicted octanol–water partition coefficient (Wildman–Crippen LogP) is 1.98. The number of anilines is 2. The molecule has 198 valence electrons. The maximum absolute atomic E-state index is 14.9. The number of carbonyl (C=O) groups is 2. The molecule has 6 rings (SSSR count). The van der Waals surface area contributed by atoms with Gasteiger partial charge in [-0.15, -0.1) is 24.2 Å². The minimum absolute atomic E-state index is 0. The molecule has 4 aliphatic rings. The molecule has 37 heavy (non-hydrogen) atoms. The van der Waals surface area contributed by atoms with Crippen molar-refractivity contribution in [3.8, 4) is 5.75 Å². The Morgan fingerprint density at radius 2 is 2.11 bits per heavy atom. The Morgan fingerprint density at radius 3 is 2.97 bits per heavy atom. The van der Waals surface area contributed by atoms with Gasteiger partial charge in [0.15, 0.2) is 6.61 Å². The third kappa shape index (κ3) is 5.15. The highest BCUT2D eigenvalue weighted by atomic mass is 35.5. The molecular formula is C25H29ClFN5O4S. The molecule has 0 bridgehead atoms. The average molecular weight is 550 g/mol. The monoisotopic (exact) mass is 549 g/mol. The summed E-state index contributed by atoms with van der Waals surface area (Å²) in [7, 11) is 0. The minimum atomic E-state index is -0.482. The van der Waals surface area contributed by atoms with Crippen LogP contribution in [0.4, 0.5) is 15.9 Å². The fourth-order valence-electron chi connectivity index (χ4n) is 5.63. The molecule has 12 heteroatoms. The zero-order valence-electron chi connectivity index (χ0n) is 20.1. The van der Waals surface area contributed by atoms with Gasteiger partial charge in [-0.25, -0.2) is 9.37 Å². The van der Waals surface area contributed by atoms with Gasteiger partial charge in [-0.1, -0.05) is 0 Å². The second kappa shape index (κ2) is 10.7. The van der Waals surface area contributed by atoms with Crippen LogP contribution < -0.4 is 20.3 Å². The normalized spacial score (nSPS) is 24.6. The number of rotatable bonds is 6. The van der Waals surface area contributed by atoms with Gasteiger partial charge in [-0.2, -0.15) is 0 Å². The molecule has 5 heterocycles. The van der Waals surface area contributed by atoms with Crippen LogP contribution in [0, 0.1) is 11.7 Å². The van der Waals surface area contributed by atoms with E-state index in [2.05, 4.69) is 20.5 Å². The van der Waals surface area contributed by atoms with Gasteiger partial charge in [0, 0.05) is 56.7 Å². The molecule has 1 aromatic carbocycles. The first kappa shape index (κ1) is 26.2. The van der Waals surface area contributed by atoms with Crippen molar-refractivity contribution in [2.24, 2.45) is 5.92 Å². The number of thioether (sulfide) groups is 1. The first-order valence-electron chi connectivity index (χ1n) is 12.3. The summed E-state index contributed by atoms with van der Waals surface area (Å²) in [6.45, 7) is 3.53. The van der Waals surface area contributed by atoms with Crippen LogP contribution in [-0.4, -0.2) is 78.0 Å². The van der Waals surface area contributed by atoms with Crippen LogP contribution in [0.2, 0.25) is 0 Å². The van der Waals surface area contributed by atoms with Gasteiger partial charge < -0.3 is 25.4 Å². The Labute approximate surface area is 224 Å². The molecule has 1 saturated heterocycles. The lowest BCUT2D eigenvalue weighted by Gasteiger charge is -2.39. The van der Waals surface area contributed by atoms with E-state index in [1.54, 1.807) is 11.0 Å². The predicted molar refractivity (Wildman–Crippen MR) is 140 cm³/mol. The molecule has 0 aliphatic carbocycles. The first-order valence-corrected chi connectivity index (χ1v) is 13.2. The van der Waals surface area contributed by atoms with E-state index in [0.717, 1.165) is 10.6 Å². The maximum Gasteiger partial charge on any atom is 0.265 e. The lowest BCUT2D eigenvalue weighted by molar-refractivity contribution is -0.121. The Balaban J connectivity index is 0.00000280. The summed E-state index contributed by atoms with van der Waals surface area (Å²) in [4.78, 5) is 33.3. The quantitative estimate of drug-likeness (QED) is 0.502. The van der Waals surface area contributed by atoms with Gasteiger partial charge >= 0.3 is 0 Å². The van der Waals surface area contributed by atoms with Gasteiger partial charge in [0.1, 0.15) is 17.4 Å². The lowest BCUT2D eigenvalue weighted by Crippen LogP contribution is -2.44. The zero-order chi connectivity index (χ0) is 24.8. The van der Waals surface area contributed by atoms with Crippen molar-refractivity contribution in [2.45, 2.75) is 29.9 Å². The van der Waals surface area contributed by atoms with Gasteiger partial charge in [0.25, 0.3) is 5.91 Å². The van der Waals surface area contributed by atoms with Gasteiger partial charge in [-0.05, 0) is 30.7 Å². The number of aliphatic hydroxyl groups excluding tert-OH is 1. The minimum Gasteiger partial charge on any atom is -0.482 e. The molecule has 3 atom stereocenters. The molecule has 2 aromatic rings. The van der Waals surface area contributed by atoms with E-state index in [0.29, 0.717) is 74.3 Å². The average Bonchev–Trinajstić information content (AvgIpc) is 3.21. The fraction of sp³-hybridized carbons (Fsp3) is 0.480. The van der Waals surface area contributed by atoms with E-state index in [-0.39, 0.29) is 48.5 Å². The van der Waals surface area contributed by atoms with E-state index in [1.807, 2.05) is 12.1 Å². The van der Waals surface area contributed by atoms with E-state index < -0.39 is 6.10 Å². The van der Waals surface area contributed by atoms with Crippen molar-refractivity contribution in [1.29, 1.82) is 0 Å². The van der Waals surface area contributed by atoms with Gasteiger partial charge in [0.2, 0.25) is 5.91 Å². The molecule has 1 aromatic heterocycles. The van der Waals surface area contributed by atoms with Crippen molar-refractivity contribution >= 4 is 47.5 Å². The third-order valence-electron chi connectivity index (χ3n) is 7.36. The molecule has 0 radical (unpaired) electrons. The standard InChI is InChI=1S/C25H28FN5O4S.ClH/c26-17-2-3-19-24-23(17)14(5-6-31(24)22(34)12-35-19)9-30-10-15(18(32)11-30)7-27-8-16-1-4-20-25(28-16)29-21(33)13-36-20;/h1-4,14-15,18,27,32H,5-13H2,(H,28,29,33);1H/t14?,15-,18+;/m0./s1. The number of likely N-dealkylation sites (tertiary alicyclic amines) is 1. The van der Waals surface area contributed by atoms with E-state index >= 15 is 0 Å². The highest BCUT2D eigenvalue weighted by Gasteiger charge is 2.39. The number of pyridine rings is 1. The SMILES string of the molecule is Cl.O=C1CSc2ccc(CNC[C@H]3CN(CC4CCN5C(=O)COc6ccc(F)c4c65)C[C@H]3O)nc2N1. The number of aromatic nitrogens is 1. The largest absolute Gasteiger partial charge is 0.482 e. The highest BCUT2D eigenvalue weighted by molar-refractivity contribution is 8.00. The number of halogens is 2. The van der Waals surface area contributed by atoms with Crippen LogP contribution in [0.1, 0.15) is 23.6 Å². The van der Waals surface area contributed by atoms with Crippen LogP contribution >= 0.6 is 24.2 Å². The molecular weight excluding hydrogens is 521 g/mol. The molecule has 3 N–H and O–H groups in total. The number of nitrogens with one attached hydrogen (secondary N) is 2. The first-order chi connectivity index (χ1) is 17.5. The number of fused-ring (bicyclic) bond motifs is 1. The Hall–Kier alpha value is -2.44. The second-order valence-corrected chi connectivity index (χ2v) is 10.8. The summed E-state index contributed by atoms with van der Waals surface area (Å²) < 4.78 is 20.5. The van der Waals surface area contributed by atoms with Crippen LogP contribution in [0.5, 0.6) is 5.75 Å². The number of hydrogen-bond acceptors (Lipinski definition) is 8. The molecule has 1 fully saturated rings. The summed E-state index contributed by atoms with van der Waals surface area (Å²) in [6, 6.07) is 6.94. The number of aliphatic hydroxyl groups is 1. The summed E-state index contributed by atoms with van der Waals surface area (Å²) in [5.41, 5.74) is 1.95. The summed E-state index contributed by atoms with van der Waals surface area (Å²) >= 11 is 1.48. The lowest BCUT2D eigenvalue weighted by atomic mass is 9.88. The van der Waals surface area contributed by atoms with E-state index in [9.17, 15) is 19.1 Å².